The molecular formula is C19H18N2O2. The van der Waals surface area contributed by atoms with Crippen molar-refractivity contribution in [3.63, 3.8) is 0 Å². The molecule has 2 aromatic heterocycles. The number of hydrogen-bond acceptors (Lipinski definition) is 3. The summed E-state index contributed by atoms with van der Waals surface area (Å²) in [4.78, 5) is 16.4. The van der Waals surface area contributed by atoms with Gasteiger partial charge in [0.25, 0.3) is 5.91 Å². The molecule has 0 radical (unpaired) electrons. The van der Waals surface area contributed by atoms with E-state index in [-0.39, 0.29) is 5.91 Å². The van der Waals surface area contributed by atoms with Crippen LogP contribution in [-0.2, 0) is 6.54 Å². The molecule has 3 aromatic rings. The Bertz CT molecular complexity index is 819. The lowest BCUT2D eigenvalue weighted by molar-refractivity contribution is 0.0947. The molecule has 0 spiro atoms. The highest BCUT2D eigenvalue weighted by molar-refractivity contribution is 5.95. The Morgan fingerprint density at radius 1 is 1.04 bits per heavy atom. The summed E-state index contributed by atoms with van der Waals surface area (Å²) < 4.78 is 5.44. The van der Waals surface area contributed by atoms with E-state index in [9.17, 15) is 4.79 Å². The summed E-state index contributed by atoms with van der Waals surface area (Å²) >= 11 is 0. The number of hydrogen-bond donors (Lipinski definition) is 1. The summed E-state index contributed by atoms with van der Waals surface area (Å²) in [7, 11) is 0. The molecule has 1 amide bonds. The summed E-state index contributed by atoms with van der Waals surface area (Å²) in [6.07, 6.45) is 3.33. The van der Waals surface area contributed by atoms with Gasteiger partial charge >= 0.3 is 0 Å². The van der Waals surface area contributed by atoms with E-state index < -0.39 is 0 Å². The third-order valence-electron chi connectivity index (χ3n) is 3.60. The number of carbonyl (C=O) groups excluding carboxylic acids is 1. The minimum atomic E-state index is -0.166. The van der Waals surface area contributed by atoms with Gasteiger partial charge in [0.15, 0.2) is 0 Å². The van der Waals surface area contributed by atoms with E-state index in [4.69, 9.17) is 4.42 Å². The molecule has 0 fully saturated rings. The average molecular weight is 306 g/mol. The van der Waals surface area contributed by atoms with Crippen molar-refractivity contribution in [1.29, 1.82) is 0 Å². The van der Waals surface area contributed by atoms with Gasteiger partial charge < -0.3 is 9.73 Å². The number of pyridine rings is 1. The maximum absolute atomic E-state index is 12.3. The molecule has 4 nitrogen and oxygen atoms in total. The fourth-order valence-corrected chi connectivity index (χ4v) is 2.32. The smallest absolute Gasteiger partial charge is 0.253 e. The molecule has 2 heterocycles. The van der Waals surface area contributed by atoms with E-state index in [0.717, 1.165) is 22.6 Å². The summed E-state index contributed by atoms with van der Waals surface area (Å²) in [6.45, 7) is 4.28. The summed E-state index contributed by atoms with van der Waals surface area (Å²) in [5.74, 6) is 1.40. The second-order valence-corrected chi connectivity index (χ2v) is 5.52. The fourth-order valence-electron chi connectivity index (χ4n) is 2.32. The Balaban J connectivity index is 1.73. The van der Waals surface area contributed by atoms with Gasteiger partial charge in [-0.2, -0.15) is 0 Å². The molecular weight excluding hydrogens is 288 g/mol. The third-order valence-corrected chi connectivity index (χ3v) is 3.60. The summed E-state index contributed by atoms with van der Waals surface area (Å²) in [6, 6.07) is 13.7. The summed E-state index contributed by atoms with van der Waals surface area (Å²) in [5, 5.41) is 2.84. The molecule has 0 saturated heterocycles. The molecule has 116 valence electrons. The molecule has 23 heavy (non-hydrogen) atoms. The molecule has 1 aromatic carbocycles. The molecule has 0 aliphatic heterocycles. The van der Waals surface area contributed by atoms with Crippen LogP contribution < -0.4 is 5.32 Å². The summed E-state index contributed by atoms with van der Waals surface area (Å²) in [5.41, 5.74) is 3.70. The van der Waals surface area contributed by atoms with E-state index in [1.54, 1.807) is 12.4 Å². The zero-order valence-corrected chi connectivity index (χ0v) is 13.2. The molecule has 0 saturated carbocycles. The standard InChI is InChI=1S/C19H18N2O2/c1-13-3-6-15(7-4-13)16-9-17(11-20-10-16)19(22)21-12-18-8-5-14(2)23-18/h3-11H,12H2,1-2H3,(H,21,22). The lowest BCUT2D eigenvalue weighted by atomic mass is 10.0. The third kappa shape index (κ3) is 3.66. The lowest BCUT2D eigenvalue weighted by Crippen LogP contribution is -2.22. The van der Waals surface area contributed by atoms with E-state index in [2.05, 4.69) is 10.3 Å². The van der Waals surface area contributed by atoms with Crippen LogP contribution in [0.5, 0.6) is 0 Å². The van der Waals surface area contributed by atoms with Gasteiger partial charge in [0, 0.05) is 18.0 Å². The molecule has 0 bridgehead atoms. The number of nitrogens with zero attached hydrogens (tertiary/aromatic N) is 1. The number of aromatic nitrogens is 1. The van der Waals surface area contributed by atoms with Gasteiger partial charge in [0.1, 0.15) is 11.5 Å². The van der Waals surface area contributed by atoms with E-state index in [1.807, 2.05) is 56.3 Å². The predicted octanol–water partition coefficient (Wildman–Crippen LogP) is 3.89. The van der Waals surface area contributed by atoms with Gasteiger partial charge in [-0.05, 0) is 37.6 Å². The highest BCUT2D eigenvalue weighted by atomic mass is 16.3. The van der Waals surface area contributed by atoms with E-state index >= 15 is 0 Å². The van der Waals surface area contributed by atoms with Crippen LogP contribution in [0.15, 0.2) is 59.3 Å². The van der Waals surface area contributed by atoms with Crippen LogP contribution in [0.25, 0.3) is 11.1 Å². The van der Waals surface area contributed by atoms with Crippen molar-refractivity contribution in [1.82, 2.24) is 10.3 Å². The first kappa shape index (κ1) is 15.0. The molecule has 0 aliphatic rings. The largest absolute Gasteiger partial charge is 0.465 e. The Kier molecular flexibility index (Phi) is 4.24. The minimum absolute atomic E-state index is 0.166. The second kappa shape index (κ2) is 6.48. The van der Waals surface area contributed by atoms with Crippen LogP contribution in [0, 0.1) is 13.8 Å². The van der Waals surface area contributed by atoms with Crippen LogP contribution in [0.4, 0.5) is 0 Å². The van der Waals surface area contributed by atoms with Crippen molar-refractivity contribution < 1.29 is 9.21 Å². The van der Waals surface area contributed by atoms with Crippen LogP contribution in [-0.4, -0.2) is 10.9 Å². The number of rotatable bonds is 4. The van der Waals surface area contributed by atoms with E-state index in [1.165, 1.54) is 5.56 Å². The highest BCUT2D eigenvalue weighted by Gasteiger charge is 2.09. The first-order valence-corrected chi connectivity index (χ1v) is 7.47. The number of nitrogens with one attached hydrogen (secondary N) is 1. The first-order chi connectivity index (χ1) is 11.1. The zero-order chi connectivity index (χ0) is 16.2. The number of furan rings is 1. The van der Waals surface area contributed by atoms with Crippen molar-refractivity contribution in [2.24, 2.45) is 0 Å². The minimum Gasteiger partial charge on any atom is -0.465 e. The molecule has 0 unspecified atom stereocenters. The quantitative estimate of drug-likeness (QED) is 0.795. The van der Waals surface area contributed by atoms with E-state index in [0.29, 0.717) is 12.1 Å². The van der Waals surface area contributed by atoms with Crippen molar-refractivity contribution in [3.8, 4) is 11.1 Å². The van der Waals surface area contributed by atoms with Gasteiger partial charge in [-0.3, -0.25) is 9.78 Å². The Morgan fingerprint density at radius 2 is 1.83 bits per heavy atom. The molecule has 0 aliphatic carbocycles. The predicted molar refractivity (Wildman–Crippen MR) is 89.0 cm³/mol. The second-order valence-electron chi connectivity index (χ2n) is 5.52. The maximum atomic E-state index is 12.3. The SMILES string of the molecule is Cc1ccc(-c2cncc(C(=O)NCc3ccc(C)o3)c2)cc1. The van der Waals surface area contributed by atoms with Gasteiger partial charge in [-0.25, -0.2) is 0 Å². The van der Waals surface area contributed by atoms with Crippen LogP contribution >= 0.6 is 0 Å². The van der Waals surface area contributed by atoms with Crippen LogP contribution in [0.3, 0.4) is 0 Å². The topological polar surface area (TPSA) is 55.1 Å². The molecule has 0 atom stereocenters. The Morgan fingerprint density at radius 3 is 2.52 bits per heavy atom. The Hall–Kier alpha value is -2.88. The van der Waals surface area contributed by atoms with Crippen molar-refractivity contribution >= 4 is 5.91 Å². The average Bonchev–Trinajstić information content (AvgIpc) is 2.99. The van der Waals surface area contributed by atoms with Crippen molar-refractivity contribution in [2.45, 2.75) is 20.4 Å². The number of benzene rings is 1. The zero-order valence-electron chi connectivity index (χ0n) is 13.2. The van der Waals surface area contributed by atoms with Gasteiger partial charge in [-0.1, -0.05) is 29.8 Å². The molecule has 3 rings (SSSR count). The first-order valence-electron chi connectivity index (χ1n) is 7.47. The van der Waals surface area contributed by atoms with Crippen LogP contribution in [0.2, 0.25) is 0 Å². The highest BCUT2D eigenvalue weighted by Crippen LogP contribution is 2.20. The van der Waals surface area contributed by atoms with Gasteiger partial charge in [0.05, 0.1) is 12.1 Å². The van der Waals surface area contributed by atoms with Gasteiger partial charge in [-0.15, -0.1) is 0 Å². The number of aryl methyl sites for hydroxylation is 2. The number of amides is 1. The monoisotopic (exact) mass is 306 g/mol. The maximum Gasteiger partial charge on any atom is 0.253 e. The number of carbonyl (C=O) groups is 1. The molecule has 4 heteroatoms. The van der Waals surface area contributed by atoms with Crippen molar-refractivity contribution in [2.75, 3.05) is 0 Å². The molecule has 1 N–H and O–H groups in total. The normalized spacial score (nSPS) is 10.5. The fraction of sp³-hybridized carbons (Fsp3) is 0.158. The van der Waals surface area contributed by atoms with Gasteiger partial charge in [0.2, 0.25) is 0 Å². The lowest BCUT2D eigenvalue weighted by Gasteiger charge is -2.06. The van der Waals surface area contributed by atoms with Crippen LogP contribution in [0.1, 0.15) is 27.4 Å². The van der Waals surface area contributed by atoms with Crippen molar-refractivity contribution in [3.05, 3.63) is 77.5 Å². The Labute approximate surface area is 135 Å².